The molecule has 6 heteroatoms. The molecule has 0 fully saturated rings. The van der Waals surface area contributed by atoms with Gasteiger partial charge in [-0.1, -0.05) is 34.6 Å². The van der Waals surface area contributed by atoms with Crippen LogP contribution in [0.4, 0.5) is 0 Å². The Morgan fingerprint density at radius 2 is 2.04 bits per heavy atom. The van der Waals surface area contributed by atoms with Crippen molar-refractivity contribution in [1.82, 2.24) is 15.6 Å². The number of aliphatic imine (C=N–C) groups is 1. The molecular weight excluding hydrogens is 304 g/mol. The molecule has 1 aromatic heterocycles. The van der Waals surface area contributed by atoms with Crippen LogP contribution in [0.15, 0.2) is 15.6 Å². The average Bonchev–Trinajstić information content (AvgIpc) is 2.98. The molecule has 1 unspecified atom stereocenters. The molecule has 1 rings (SSSR count). The van der Waals surface area contributed by atoms with E-state index in [9.17, 15) is 0 Å². The zero-order valence-corrected chi connectivity index (χ0v) is 16.3. The molecule has 0 aliphatic rings. The van der Waals surface area contributed by atoms with Crippen molar-refractivity contribution >= 4 is 5.96 Å². The SMILES string of the molecule is CCOC(CCNC(=NC)NCc1ncc(C(C)(C)C)o1)C(C)C. The van der Waals surface area contributed by atoms with Crippen molar-refractivity contribution in [3.63, 3.8) is 0 Å². The third-order valence-corrected chi connectivity index (χ3v) is 3.77. The second kappa shape index (κ2) is 9.67. The minimum Gasteiger partial charge on any atom is -0.443 e. The third-order valence-electron chi connectivity index (χ3n) is 3.77. The number of ether oxygens (including phenoxy) is 1. The summed E-state index contributed by atoms with van der Waals surface area (Å²) in [6.45, 7) is 14.8. The highest BCUT2D eigenvalue weighted by molar-refractivity contribution is 5.79. The maximum Gasteiger partial charge on any atom is 0.213 e. The minimum absolute atomic E-state index is 0.0314. The Labute approximate surface area is 146 Å². The van der Waals surface area contributed by atoms with Gasteiger partial charge in [0.25, 0.3) is 0 Å². The van der Waals surface area contributed by atoms with E-state index < -0.39 is 0 Å². The van der Waals surface area contributed by atoms with Crippen LogP contribution in [0.25, 0.3) is 0 Å². The van der Waals surface area contributed by atoms with E-state index in [1.165, 1.54) is 0 Å². The molecule has 1 heterocycles. The van der Waals surface area contributed by atoms with Gasteiger partial charge >= 0.3 is 0 Å². The van der Waals surface area contributed by atoms with E-state index in [0.717, 1.165) is 31.3 Å². The Morgan fingerprint density at radius 3 is 2.54 bits per heavy atom. The molecule has 0 amide bonds. The van der Waals surface area contributed by atoms with Crippen LogP contribution in [-0.4, -0.2) is 37.2 Å². The average molecular weight is 338 g/mol. The summed E-state index contributed by atoms with van der Waals surface area (Å²) in [7, 11) is 1.76. The Hall–Kier alpha value is -1.56. The van der Waals surface area contributed by atoms with Gasteiger partial charge in [0.1, 0.15) is 5.76 Å². The largest absolute Gasteiger partial charge is 0.443 e. The van der Waals surface area contributed by atoms with Crippen LogP contribution >= 0.6 is 0 Å². The number of nitrogens with one attached hydrogen (secondary N) is 2. The highest BCUT2D eigenvalue weighted by atomic mass is 16.5. The van der Waals surface area contributed by atoms with Gasteiger partial charge in [0.2, 0.25) is 5.89 Å². The Kier molecular flexibility index (Phi) is 8.25. The predicted molar refractivity (Wildman–Crippen MR) is 98.3 cm³/mol. The standard InChI is InChI=1S/C18H34N4O2/c1-8-23-14(13(2)3)9-10-20-17(19-7)22-12-16-21-11-15(24-16)18(4,5)6/h11,13-14H,8-10,12H2,1-7H3,(H2,19,20,22). The van der Waals surface area contributed by atoms with Crippen molar-refractivity contribution in [2.75, 3.05) is 20.2 Å². The maximum absolute atomic E-state index is 5.77. The van der Waals surface area contributed by atoms with Crippen LogP contribution in [0, 0.1) is 5.92 Å². The van der Waals surface area contributed by atoms with E-state index in [0.29, 0.717) is 18.4 Å². The van der Waals surface area contributed by atoms with E-state index >= 15 is 0 Å². The predicted octanol–water partition coefficient (Wildman–Crippen LogP) is 3.09. The molecule has 24 heavy (non-hydrogen) atoms. The third kappa shape index (κ3) is 6.91. The molecule has 0 aromatic carbocycles. The second-order valence-corrected chi connectivity index (χ2v) is 7.25. The molecule has 2 N–H and O–H groups in total. The summed E-state index contributed by atoms with van der Waals surface area (Å²) < 4.78 is 11.5. The van der Waals surface area contributed by atoms with Gasteiger partial charge in [0.15, 0.2) is 5.96 Å². The summed E-state index contributed by atoms with van der Waals surface area (Å²) in [5.74, 6) is 2.80. The molecule has 138 valence electrons. The van der Waals surface area contributed by atoms with Crippen LogP contribution in [0.3, 0.4) is 0 Å². The summed E-state index contributed by atoms with van der Waals surface area (Å²) in [5, 5.41) is 6.54. The number of oxazole rings is 1. The summed E-state index contributed by atoms with van der Waals surface area (Å²) in [6.07, 6.45) is 3.00. The van der Waals surface area contributed by atoms with Crippen molar-refractivity contribution in [3.05, 3.63) is 17.8 Å². The lowest BCUT2D eigenvalue weighted by molar-refractivity contribution is 0.0258. The fraction of sp³-hybridized carbons (Fsp3) is 0.778. The normalized spacial score (nSPS) is 14.1. The lowest BCUT2D eigenvalue weighted by Gasteiger charge is -2.21. The monoisotopic (exact) mass is 338 g/mol. The molecule has 0 saturated carbocycles. The van der Waals surface area contributed by atoms with Gasteiger partial charge in [0, 0.05) is 25.6 Å². The summed E-state index contributed by atoms with van der Waals surface area (Å²) in [4.78, 5) is 8.54. The fourth-order valence-corrected chi connectivity index (χ4v) is 2.27. The van der Waals surface area contributed by atoms with E-state index in [2.05, 4.69) is 55.2 Å². The molecule has 1 atom stereocenters. The van der Waals surface area contributed by atoms with Gasteiger partial charge in [-0.15, -0.1) is 0 Å². The van der Waals surface area contributed by atoms with E-state index in [-0.39, 0.29) is 11.5 Å². The fourth-order valence-electron chi connectivity index (χ4n) is 2.27. The summed E-state index contributed by atoms with van der Waals surface area (Å²) in [6, 6.07) is 0. The molecule has 0 aliphatic heterocycles. The van der Waals surface area contributed by atoms with Gasteiger partial charge in [-0.3, -0.25) is 4.99 Å². The molecule has 0 bridgehead atoms. The number of rotatable bonds is 8. The van der Waals surface area contributed by atoms with Crippen LogP contribution < -0.4 is 10.6 Å². The highest BCUT2D eigenvalue weighted by Crippen LogP contribution is 2.22. The lowest BCUT2D eigenvalue weighted by atomic mass is 9.94. The molecule has 0 aliphatic carbocycles. The minimum atomic E-state index is -0.0314. The zero-order chi connectivity index (χ0) is 18.2. The highest BCUT2D eigenvalue weighted by Gasteiger charge is 2.19. The van der Waals surface area contributed by atoms with Crippen LogP contribution in [0.5, 0.6) is 0 Å². The summed E-state index contributed by atoms with van der Waals surface area (Å²) >= 11 is 0. The number of guanidine groups is 1. The quantitative estimate of drug-likeness (QED) is 0.563. The van der Waals surface area contributed by atoms with E-state index in [4.69, 9.17) is 9.15 Å². The first-order valence-electron chi connectivity index (χ1n) is 8.79. The molecule has 1 aromatic rings. The van der Waals surface area contributed by atoms with E-state index in [1.807, 2.05) is 6.92 Å². The number of nitrogens with zero attached hydrogens (tertiary/aromatic N) is 2. The van der Waals surface area contributed by atoms with Crippen molar-refractivity contribution in [2.45, 2.75) is 66.0 Å². The number of aromatic nitrogens is 1. The Balaban J connectivity index is 2.41. The van der Waals surface area contributed by atoms with Crippen LogP contribution in [-0.2, 0) is 16.7 Å². The maximum atomic E-state index is 5.77. The molecule has 0 spiro atoms. The van der Waals surface area contributed by atoms with Crippen LogP contribution in [0.2, 0.25) is 0 Å². The molecule has 6 nitrogen and oxygen atoms in total. The lowest BCUT2D eigenvalue weighted by Crippen LogP contribution is -2.39. The van der Waals surface area contributed by atoms with Crippen molar-refractivity contribution in [2.24, 2.45) is 10.9 Å². The van der Waals surface area contributed by atoms with Crippen molar-refractivity contribution < 1.29 is 9.15 Å². The second-order valence-electron chi connectivity index (χ2n) is 7.25. The van der Waals surface area contributed by atoms with Gasteiger partial charge in [0.05, 0.1) is 18.8 Å². The zero-order valence-electron chi connectivity index (χ0n) is 16.3. The van der Waals surface area contributed by atoms with Crippen molar-refractivity contribution in [1.29, 1.82) is 0 Å². The van der Waals surface area contributed by atoms with Gasteiger partial charge in [-0.25, -0.2) is 4.98 Å². The Bertz CT molecular complexity index is 503. The smallest absolute Gasteiger partial charge is 0.213 e. The Morgan fingerprint density at radius 1 is 1.33 bits per heavy atom. The van der Waals surface area contributed by atoms with Gasteiger partial charge in [-0.2, -0.15) is 0 Å². The first-order chi connectivity index (χ1) is 11.3. The van der Waals surface area contributed by atoms with Crippen LogP contribution in [0.1, 0.15) is 59.6 Å². The van der Waals surface area contributed by atoms with Gasteiger partial charge < -0.3 is 19.8 Å². The number of hydrogen-bond donors (Lipinski definition) is 2. The molecular formula is C18H34N4O2. The molecule has 0 radical (unpaired) electrons. The molecule has 0 saturated heterocycles. The summed E-state index contributed by atoms with van der Waals surface area (Å²) in [5.41, 5.74) is -0.0314. The van der Waals surface area contributed by atoms with E-state index in [1.54, 1.807) is 13.2 Å². The first-order valence-corrected chi connectivity index (χ1v) is 8.79. The van der Waals surface area contributed by atoms with Crippen molar-refractivity contribution in [3.8, 4) is 0 Å². The first kappa shape index (κ1) is 20.5. The number of hydrogen-bond acceptors (Lipinski definition) is 4. The topological polar surface area (TPSA) is 71.7 Å². The van der Waals surface area contributed by atoms with Gasteiger partial charge in [-0.05, 0) is 19.3 Å².